The minimum Gasteiger partial charge on any atom is -0.444 e. The van der Waals surface area contributed by atoms with Gasteiger partial charge in [0.05, 0.1) is 10.6 Å². The van der Waals surface area contributed by atoms with Gasteiger partial charge in [-0.05, 0) is 55.7 Å². The van der Waals surface area contributed by atoms with Crippen LogP contribution < -0.4 is 4.90 Å². The minimum absolute atomic E-state index is 0.114. The summed E-state index contributed by atoms with van der Waals surface area (Å²) in [6.45, 7) is 2.78. The van der Waals surface area contributed by atoms with E-state index in [1.54, 1.807) is 35.2 Å². The smallest absolute Gasteiger partial charge is 0.414 e. The van der Waals surface area contributed by atoms with Crippen molar-refractivity contribution in [2.24, 2.45) is 0 Å². The van der Waals surface area contributed by atoms with Gasteiger partial charge < -0.3 is 4.74 Å². The number of piperidine rings is 1. The highest BCUT2D eigenvalue weighted by Gasteiger charge is 2.37. The van der Waals surface area contributed by atoms with E-state index in [0.717, 1.165) is 16.8 Å². The molecule has 2 aliphatic heterocycles. The Hall–Kier alpha value is -2.09. The first-order valence-corrected chi connectivity index (χ1v) is 11.0. The molecule has 148 valence electrons. The summed E-state index contributed by atoms with van der Waals surface area (Å²) in [5.74, 6) is 0. The van der Waals surface area contributed by atoms with Gasteiger partial charge in [-0.15, -0.1) is 0 Å². The van der Waals surface area contributed by atoms with Gasteiger partial charge in [0.1, 0.15) is 6.61 Å². The van der Waals surface area contributed by atoms with E-state index in [1.165, 1.54) is 4.31 Å². The van der Waals surface area contributed by atoms with Gasteiger partial charge >= 0.3 is 6.09 Å². The molecule has 2 aromatic carbocycles. The number of nitrogens with zero attached hydrogens (tertiary/aromatic N) is 2. The summed E-state index contributed by atoms with van der Waals surface area (Å²) in [5, 5.41) is 0.593. The van der Waals surface area contributed by atoms with Gasteiger partial charge in [0.15, 0.2) is 0 Å². The molecule has 0 aliphatic carbocycles. The fourth-order valence-electron chi connectivity index (χ4n) is 3.82. The van der Waals surface area contributed by atoms with Crippen molar-refractivity contribution in [3.63, 3.8) is 0 Å². The fraction of sp³-hybridized carbons (Fsp3) is 0.350. The molecule has 0 radical (unpaired) electrons. The molecule has 28 heavy (non-hydrogen) atoms. The van der Waals surface area contributed by atoms with Gasteiger partial charge in [-0.3, -0.25) is 4.90 Å². The molecule has 0 N–H and O–H groups in total. The Morgan fingerprint density at radius 1 is 1.11 bits per heavy atom. The standard InChI is InChI=1S/C20H21ClN2O4S/c1-14-3-2-4-18(11-14)28(25,26)22-9-7-17(8-10-22)23-19-6-5-16(21)12-15(19)13-27-20(23)24/h2-6,11-12,17H,7-10,13H2,1H3. The van der Waals surface area contributed by atoms with Crippen LogP contribution in [0.5, 0.6) is 0 Å². The molecule has 8 heteroatoms. The lowest BCUT2D eigenvalue weighted by atomic mass is 10.0. The van der Waals surface area contributed by atoms with Gasteiger partial charge in [-0.25, -0.2) is 13.2 Å². The fourth-order valence-corrected chi connectivity index (χ4v) is 5.59. The quantitative estimate of drug-likeness (QED) is 0.753. The number of ether oxygens (including phenoxy) is 1. The highest BCUT2D eigenvalue weighted by molar-refractivity contribution is 7.89. The number of carbonyl (C=O) groups excluding carboxylic acids is 1. The molecule has 0 saturated carbocycles. The van der Waals surface area contributed by atoms with E-state index in [2.05, 4.69) is 0 Å². The third-order valence-corrected chi connectivity index (χ3v) is 7.39. The average Bonchev–Trinajstić information content (AvgIpc) is 2.68. The predicted octanol–water partition coefficient (Wildman–Crippen LogP) is 3.96. The lowest BCUT2D eigenvalue weighted by Gasteiger charge is -2.39. The maximum absolute atomic E-state index is 12.9. The van der Waals surface area contributed by atoms with Gasteiger partial charge in [0.2, 0.25) is 10.0 Å². The minimum atomic E-state index is -3.54. The van der Waals surface area contributed by atoms with Crippen LogP contribution in [-0.4, -0.2) is 37.9 Å². The van der Waals surface area contributed by atoms with Crippen molar-refractivity contribution >= 4 is 33.4 Å². The zero-order valence-electron chi connectivity index (χ0n) is 15.5. The summed E-state index contributed by atoms with van der Waals surface area (Å²) in [6, 6.07) is 12.2. The molecule has 1 fully saturated rings. The summed E-state index contributed by atoms with van der Waals surface area (Å²) in [7, 11) is -3.54. The van der Waals surface area contributed by atoms with Crippen LogP contribution in [0.2, 0.25) is 5.02 Å². The Kier molecular flexibility index (Phi) is 5.07. The number of halogens is 1. The van der Waals surface area contributed by atoms with Crippen LogP contribution in [0.3, 0.4) is 0 Å². The number of anilines is 1. The molecule has 2 aliphatic rings. The van der Waals surface area contributed by atoms with E-state index in [0.29, 0.717) is 35.8 Å². The molecule has 6 nitrogen and oxygen atoms in total. The molecule has 0 bridgehead atoms. The number of sulfonamides is 1. The molecule has 0 aromatic heterocycles. The van der Waals surface area contributed by atoms with Crippen LogP contribution in [0.15, 0.2) is 47.4 Å². The highest BCUT2D eigenvalue weighted by Crippen LogP contribution is 2.34. The number of rotatable bonds is 3. The van der Waals surface area contributed by atoms with E-state index in [1.807, 2.05) is 19.1 Å². The lowest BCUT2D eigenvalue weighted by Crippen LogP contribution is -2.50. The van der Waals surface area contributed by atoms with E-state index >= 15 is 0 Å². The number of carbonyl (C=O) groups is 1. The van der Waals surface area contributed by atoms with Crippen LogP contribution in [0, 0.1) is 6.92 Å². The number of aryl methyl sites for hydroxylation is 1. The van der Waals surface area contributed by atoms with Crippen LogP contribution in [-0.2, 0) is 21.4 Å². The molecule has 2 aromatic rings. The third-order valence-electron chi connectivity index (χ3n) is 5.26. The Morgan fingerprint density at radius 2 is 1.86 bits per heavy atom. The van der Waals surface area contributed by atoms with Crippen molar-refractivity contribution in [3.05, 3.63) is 58.6 Å². The predicted molar refractivity (Wildman–Crippen MR) is 107 cm³/mol. The van der Waals surface area contributed by atoms with Crippen LogP contribution in [0.25, 0.3) is 0 Å². The van der Waals surface area contributed by atoms with E-state index < -0.39 is 16.1 Å². The molecule has 1 saturated heterocycles. The number of benzene rings is 2. The first-order chi connectivity index (χ1) is 13.4. The van der Waals surface area contributed by atoms with Crippen molar-refractivity contribution in [1.29, 1.82) is 0 Å². The number of amides is 1. The zero-order chi connectivity index (χ0) is 19.9. The second kappa shape index (κ2) is 7.39. The topological polar surface area (TPSA) is 66.9 Å². The number of hydrogen-bond donors (Lipinski definition) is 0. The first-order valence-electron chi connectivity index (χ1n) is 9.17. The second-order valence-electron chi connectivity index (χ2n) is 7.15. The molecule has 1 amide bonds. The summed E-state index contributed by atoms with van der Waals surface area (Å²) in [6.07, 6.45) is 0.694. The third kappa shape index (κ3) is 3.50. The molecule has 0 unspecified atom stereocenters. The molecular formula is C20H21ClN2O4S. The van der Waals surface area contributed by atoms with Gasteiger partial charge in [0.25, 0.3) is 0 Å². The summed E-state index contributed by atoms with van der Waals surface area (Å²) >= 11 is 6.05. The van der Waals surface area contributed by atoms with Crippen molar-refractivity contribution in [2.45, 2.75) is 37.3 Å². The SMILES string of the molecule is Cc1cccc(S(=O)(=O)N2CCC(N3C(=O)OCc4cc(Cl)ccc43)CC2)c1. The molecule has 0 atom stereocenters. The molecule has 4 rings (SSSR count). The first kappa shape index (κ1) is 19.2. The maximum Gasteiger partial charge on any atom is 0.414 e. The maximum atomic E-state index is 12.9. The number of cyclic esters (lactones) is 1. The Labute approximate surface area is 169 Å². The number of hydrogen-bond acceptors (Lipinski definition) is 4. The zero-order valence-corrected chi connectivity index (χ0v) is 17.0. The Balaban J connectivity index is 1.53. The van der Waals surface area contributed by atoms with Crippen LogP contribution in [0.1, 0.15) is 24.0 Å². The summed E-state index contributed by atoms with van der Waals surface area (Å²) in [4.78, 5) is 14.4. The van der Waals surface area contributed by atoms with E-state index in [-0.39, 0.29) is 12.6 Å². The van der Waals surface area contributed by atoms with Crippen LogP contribution >= 0.6 is 11.6 Å². The Bertz CT molecular complexity index is 1020. The number of fused-ring (bicyclic) bond motifs is 1. The van der Waals surface area contributed by atoms with Gasteiger partial charge in [-0.2, -0.15) is 4.31 Å². The highest BCUT2D eigenvalue weighted by atomic mass is 35.5. The normalized spacial score (nSPS) is 18.6. The monoisotopic (exact) mass is 420 g/mol. The van der Waals surface area contributed by atoms with Crippen LogP contribution in [0.4, 0.5) is 10.5 Å². The molecular weight excluding hydrogens is 400 g/mol. The average molecular weight is 421 g/mol. The Morgan fingerprint density at radius 3 is 2.57 bits per heavy atom. The van der Waals surface area contributed by atoms with Gasteiger partial charge in [-0.1, -0.05) is 23.7 Å². The van der Waals surface area contributed by atoms with Crippen molar-refractivity contribution in [1.82, 2.24) is 4.31 Å². The van der Waals surface area contributed by atoms with Gasteiger partial charge in [0, 0.05) is 29.7 Å². The van der Waals surface area contributed by atoms with Crippen molar-refractivity contribution < 1.29 is 17.9 Å². The van der Waals surface area contributed by atoms with Crippen molar-refractivity contribution in [2.75, 3.05) is 18.0 Å². The molecule has 2 heterocycles. The summed E-state index contributed by atoms with van der Waals surface area (Å²) < 4.78 is 32.7. The molecule has 0 spiro atoms. The van der Waals surface area contributed by atoms with E-state index in [9.17, 15) is 13.2 Å². The van der Waals surface area contributed by atoms with Crippen molar-refractivity contribution in [3.8, 4) is 0 Å². The van der Waals surface area contributed by atoms with E-state index in [4.69, 9.17) is 16.3 Å². The lowest BCUT2D eigenvalue weighted by molar-refractivity contribution is 0.136. The second-order valence-corrected chi connectivity index (χ2v) is 9.52. The summed E-state index contributed by atoms with van der Waals surface area (Å²) in [5.41, 5.74) is 2.56. The largest absolute Gasteiger partial charge is 0.444 e.